The highest BCUT2D eigenvalue weighted by molar-refractivity contribution is 7.86. The van der Waals surface area contributed by atoms with Crippen molar-refractivity contribution in [3.63, 3.8) is 0 Å². The highest BCUT2D eigenvalue weighted by Crippen LogP contribution is 2.44. The number of halogens is 4. The molecule has 1 aromatic carbocycles. The SMILES string of the molecule is Cc1cc(C2CC2)c(-n2nc(C(F)(F)F)nc2N(C)C)cc1S(=O)(=O)F. The van der Waals surface area contributed by atoms with Crippen LogP contribution in [0.15, 0.2) is 17.0 Å². The predicted molar refractivity (Wildman–Crippen MR) is 85.7 cm³/mol. The second-order valence-corrected chi connectivity index (χ2v) is 7.74. The molecule has 6 nitrogen and oxygen atoms in total. The molecule has 2 aromatic rings. The molecule has 11 heteroatoms. The van der Waals surface area contributed by atoms with E-state index in [4.69, 9.17) is 0 Å². The molecule has 0 spiro atoms. The second kappa shape index (κ2) is 5.93. The second-order valence-electron chi connectivity index (χ2n) is 6.43. The van der Waals surface area contributed by atoms with E-state index in [1.165, 1.54) is 32.0 Å². The molecular weight excluding hydrogens is 376 g/mol. The zero-order valence-electron chi connectivity index (χ0n) is 14.2. The van der Waals surface area contributed by atoms with Gasteiger partial charge in [-0.15, -0.1) is 8.98 Å². The number of aromatic nitrogens is 3. The molecule has 1 heterocycles. The number of anilines is 1. The Morgan fingerprint density at radius 1 is 1.23 bits per heavy atom. The van der Waals surface area contributed by atoms with Crippen molar-refractivity contribution in [1.29, 1.82) is 0 Å². The molecule has 0 saturated heterocycles. The summed E-state index contributed by atoms with van der Waals surface area (Å²) >= 11 is 0. The maximum Gasteiger partial charge on any atom is 0.453 e. The van der Waals surface area contributed by atoms with Crippen LogP contribution in [0.1, 0.15) is 35.7 Å². The summed E-state index contributed by atoms with van der Waals surface area (Å²) in [6.07, 6.45) is -3.14. The van der Waals surface area contributed by atoms with Crippen molar-refractivity contribution in [3.8, 4) is 5.69 Å². The first-order valence-electron chi connectivity index (χ1n) is 7.70. The summed E-state index contributed by atoms with van der Waals surface area (Å²) in [7, 11) is -2.07. The topological polar surface area (TPSA) is 68.1 Å². The Kier molecular flexibility index (Phi) is 4.25. The van der Waals surface area contributed by atoms with Gasteiger partial charge in [0.05, 0.1) is 5.69 Å². The largest absolute Gasteiger partial charge is 0.453 e. The van der Waals surface area contributed by atoms with Crippen molar-refractivity contribution in [2.75, 3.05) is 19.0 Å². The van der Waals surface area contributed by atoms with Gasteiger partial charge in [-0.3, -0.25) is 0 Å². The molecule has 3 rings (SSSR count). The molecular formula is C15H16F4N4O2S. The van der Waals surface area contributed by atoms with Crippen molar-refractivity contribution in [1.82, 2.24) is 14.8 Å². The molecule has 1 fully saturated rings. The van der Waals surface area contributed by atoms with Crippen molar-refractivity contribution in [2.45, 2.75) is 36.8 Å². The maximum atomic E-state index is 13.6. The van der Waals surface area contributed by atoms with Crippen molar-refractivity contribution >= 4 is 16.2 Å². The minimum absolute atomic E-state index is 0.0635. The molecule has 0 radical (unpaired) electrons. The van der Waals surface area contributed by atoms with Gasteiger partial charge in [0.15, 0.2) is 0 Å². The van der Waals surface area contributed by atoms with Gasteiger partial charge in [0.2, 0.25) is 5.95 Å². The van der Waals surface area contributed by atoms with E-state index in [0.29, 0.717) is 5.56 Å². The molecule has 0 unspecified atom stereocenters. The number of aryl methyl sites for hydroxylation is 1. The van der Waals surface area contributed by atoms with E-state index >= 15 is 0 Å². The van der Waals surface area contributed by atoms with Gasteiger partial charge in [-0.05, 0) is 42.9 Å². The Hall–Kier alpha value is -2.17. The summed E-state index contributed by atoms with van der Waals surface area (Å²) in [4.78, 5) is 4.23. The monoisotopic (exact) mass is 392 g/mol. The lowest BCUT2D eigenvalue weighted by molar-refractivity contribution is -0.144. The first kappa shape index (κ1) is 18.6. The lowest BCUT2D eigenvalue weighted by Gasteiger charge is -2.17. The van der Waals surface area contributed by atoms with Gasteiger partial charge in [-0.1, -0.05) is 6.07 Å². The molecule has 0 amide bonds. The third-order valence-corrected chi connectivity index (χ3v) is 5.04. The number of benzene rings is 1. The van der Waals surface area contributed by atoms with Crippen molar-refractivity contribution in [2.24, 2.45) is 0 Å². The number of hydrogen-bond donors (Lipinski definition) is 0. The van der Waals surface area contributed by atoms with Crippen molar-refractivity contribution < 1.29 is 25.5 Å². The van der Waals surface area contributed by atoms with Gasteiger partial charge >= 0.3 is 16.4 Å². The highest BCUT2D eigenvalue weighted by atomic mass is 32.3. The Morgan fingerprint density at radius 2 is 1.85 bits per heavy atom. The molecule has 0 atom stereocenters. The summed E-state index contributed by atoms with van der Waals surface area (Å²) in [5.74, 6) is -1.42. The van der Waals surface area contributed by atoms with E-state index in [2.05, 4.69) is 10.1 Å². The van der Waals surface area contributed by atoms with Gasteiger partial charge < -0.3 is 4.90 Å². The minimum Gasteiger partial charge on any atom is -0.347 e. The Bertz CT molecular complexity index is 963. The maximum absolute atomic E-state index is 13.6. The third kappa shape index (κ3) is 3.39. The van der Waals surface area contributed by atoms with Crippen LogP contribution in [0.4, 0.5) is 23.0 Å². The van der Waals surface area contributed by atoms with Crippen LogP contribution in [0, 0.1) is 6.92 Å². The summed E-state index contributed by atoms with van der Waals surface area (Å²) in [6, 6.07) is 2.52. The van der Waals surface area contributed by atoms with E-state index < -0.39 is 27.1 Å². The fourth-order valence-corrected chi connectivity index (χ4v) is 3.44. The molecule has 0 N–H and O–H groups in total. The van der Waals surface area contributed by atoms with Gasteiger partial charge in [-0.2, -0.15) is 31.3 Å². The van der Waals surface area contributed by atoms with Crippen LogP contribution >= 0.6 is 0 Å². The zero-order valence-corrected chi connectivity index (χ0v) is 15.0. The Labute approximate surface area is 147 Å². The molecule has 1 aliphatic carbocycles. The number of alkyl halides is 3. The fourth-order valence-electron chi connectivity index (χ4n) is 2.74. The van der Waals surface area contributed by atoms with Crippen molar-refractivity contribution in [3.05, 3.63) is 29.1 Å². The average Bonchev–Trinajstić information content (AvgIpc) is 3.22. The standard InChI is InChI=1S/C15H16F4N4O2S/c1-8-6-10(9-4-5-9)11(7-12(8)26(19,24)25)23-14(22(2)3)20-13(21-23)15(16,17)18/h6-7,9H,4-5H2,1-3H3. The molecule has 1 aromatic heterocycles. The van der Waals surface area contributed by atoms with Crippen LogP contribution in [0.2, 0.25) is 0 Å². The normalized spacial score (nSPS) is 15.3. The zero-order chi connectivity index (χ0) is 19.4. The molecule has 1 saturated carbocycles. The fraction of sp³-hybridized carbons (Fsp3) is 0.467. The third-order valence-electron chi connectivity index (χ3n) is 4.08. The summed E-state index contributed by atoms with van der Waals surface area (Å²) in [5, 5.41) is 3.52. The van der Waals surface area contributed by atoms with E-state index in [9.17, 15) is 25.5 Å². The molecule has 0 aliphatic heterocycles. The Morgan fingerprint density at radius 3 is 2.31 bits per heavy atom. The summed E-state index contributed by atoms with van der Waals surface area (Å²) in [5.41, 5.74) is 0.901. The van der Waals surface area contributed by atoms with E-state index in [-0.39, 0.29) is 23.1 Å². The van der Waals surface area contributed by atoms with Crippen LogP contribution in [0.25, 0.3) is 5.69 Å². The highest BCUT2D eigenvalue weighted by Gasteiger charge is 2.38. The first-order chi connectivity index (χ1) is 11.9. The lowest BCUT2D eigenvalue weighted by Crippen LogP contribution is -2.16. The van der Waals surface area contributed by atoms with E-state index in [0.717, 1.165) is 23.6 Å². The number of hydrogen-bond acceptors (Lipinski definition) is 5. The molecule has 26 heavy (non-hydrogen) atoms. The van der Waals surface area contributed by atoms with Gasteiger partial charge in [-0.25, -0.2) is 0 Å². The lowest BCUT2D eigenvalue weighted by atomic mass is 10.1. The van der Waals surface area contributed by atoms with Crippen LogP contribution in [-0.2, 0) is 16.4 Å². The predicted octanol–water partition coefficient (Wildman–Crippen LogP) is 3.20. The molecule has 142 valence electrons. The Balaban J connectivity index is 2.30. The smallest absolute Gasteiger partial charge is 0.347 e. The van der Waals surface area contributed by atoms with Gasteiger partial charge in [0, 0.05) is 14.1 Å². The molecule has 0 bridgehead atoms. The van der Waals surface area contributed by atoms with Gasteiger partial charge in [0.1, 0.15) is 4.90 Å². The van der Waals surface area contributed by atoms with E-state index in [1.54, 1.807) is 0 Å². The van der Waals surface area contributed by atoms with Crippen LogP contribution in [0.5, 0.6) is 0 Å². The van der Waals surface area contributed by atoms with Crippen LogP contribution < -0.4 is 4.90 Å². The van der Waals surface area contributed by atoms with Gasteiger partial charge in [0.25, 0.3) is 5.82 Å². The average molecular weight is 392 g/mol. The number of nitrogens with zero attached hydrogens (tertiary/aromatic N) is 4. The summed E-state index contributed by atoms with van der Waals surface area (Å²) in [6.45, 7) is 1.44. The first-order valence-corrected chi connectivity index (χ1v) is 9.09. The van der Waals surface area contributed by atoms with Crippen LogP contribution in [0.3, 0.4) is 0 Å². The summed E-state index contributed by atoms with van der Waals surface area (Å²) < 4.78 is 76.5. The quantitative estimate of drug-likeness (QED) is 0.591. The molecule has 1 aliphatic rings. The minimum atomic E-state index is -5.04. The number of rotatable bonds is 4. The van der Waals surface area contributed by atoms with Crippen LogP contribution in [-0.4, -0.2) is 37.3 Å². The van der Waals surface area contributed by atoms with E-state index in [1.807, 2.05) is 0 Å².